The molecule has 3 aromatic rings. The lowest BCUT2D eigenvalue weighted by Crippen LogP contribution is -2.04. The van der Waals surface area contributed by atoms with Gasteiger partial charge < -0.3 is 10.1 Å². The lowest BCUT2D eigenvalue weighted by molar-refractivity contribution is 0.478. The summed E-state index contributed by atoms with van der Waals surface area (Å²) in [6.45, 7) is 0.705. The van der Waals surface area contributed by atoms with Gasteiger partial charge in [0, 0.05) is 11.9 Å². The second kappa shape index (κ2) is 5.34. The van der Waals surface area contributed by atoms with E-state index in [2.05, 4.69) is 27.6 Å². The minimum absolute atomic E-state index is 0.571. The molecular formula is C14H13N3OS. The predicted molar refractivity (Wildman–Crippen MR) is 76.7 cm³/mol. The molecule has 0 atom stereocenters. The van der Waals surface area contributed by atoms with Crippen LogP contribution in [0.5, 0.6) is 10.9 Å². The molecule has 0 aliphatic rings. The standard InChI is InChI=1S/C14H13N3OS/c1-15-9-13-16-17-14(19-13)18-12-8-4-6-10-5-2-3-7-11(10)12/h2-8,15H,9H2,1H3. The van der Waals surface area contributed by atoms with Crippen molar-refractivity contribution in [3.05, 3.63) is 47.5 Å². The van der Waals surface area contributed by atoms with E-state index in [0.717, 1.165) is 21.5 Å². The third kappa shape index (κ3) is 2.57. The minimum atomic E-state index is 0.571. The zero-order valence-electron chi connectivity index (χ0n) is 10.5. The second-order valence-electron chi connectivity index (χ2n) is 4.07. The van der Waals surface area contributed by atoms with Crippen LogP contribution in [0.25, 0.3) is 10.8 Å². The molecule has 5 heteroatoms. The van der Waals surface area contributed by atoms with Gasteiger partial charge in [0.2, 0.25) is 0 Å². The lowest BCUT2D eigenvalue weighted by atomic mass is 10.1. The van der Waals surface area contributed by atoms with Crippen LogP contribution in [0, 0.1) is 0 Å². The average Bonchev–Trinajstić information content (AvgIpc) is 2.87. The number of nitrogens with zero attached hydrogens (tertiary/aromatic N) is 2. The van der Waals surface area contributed by atoms with Gasteiger partial charge in [0.15, 0.2) is 0 Å². The number of rotatable bonds is 4. The number of benzene rings is 2. The second-order valence-corrected chi connectivity index (χ2v) is 5.10. The minimum Gasteiger partial charge on any atom is -0.429 e. The van der Waals surface area contributed by atoms with E-state index in [1.807, 2.05) is 37.4 Å². The molecule has 0 amide bonds. The van der Waals surface area contributed by atoms with Gasteiger partial charge in [-0.3, -0.25) is 0 Å². The SMILES string of the molecule is CNCc1nnc(Oc2cccc3ccccc23)s1. The summed E-state index contributed by atoms with van der Waals surface area (Å²) in [5, 5.41) is 14.9. The molecule has 0 saturated carbocycles. The molecule has 4 nitrogen and oxygen atoms in total. The fourth-order valence-corrected chi connectivity index (χ4v) is 2.59. The Hall–Kier alpha value is -1.98. The summed E-state index contributed by atoms with van der Waals surface area (Å²) in [6.07, 6.45) is 0. The molecule has 0 aliphatic carbocycles. The Morgan fingerprint density at radius 1 is 1.11 bits per heavy atom. The van der Waals surface area contributed by atoms with Crippen LogP contribution in [0.4, 0.5) is 0 Å². The molecule has 0 saturated heterocycles. The zero-order chi connectivity index (χ0) is 13.1. The van der Waals surface area contributed by atoms with E-state index in [0.29, 0.717) is 11.7 Å². The van der Waals surface area contributed by atoms with Crippen molar-refractivity contribution >= 4 is 22.1 Å². The Balaban J connectivity index is 1.92. The molecule has 3 rings (SSSR count). The van der Waals surface area contributed by atoms with Gasteiger partial charge in [-0.15, -0.1) is 5.10 Å². The molecule has 0 unspecified atom stereocenters. The number of ether oxygens (including phenoxy) is 1. The van der Waals surface area contributed by atoms with Gasteiger partial charge in [0.1, 0.15) is 10.8 Å². The van der Waals surface area contributed by atoms with Crippen molar-refractivity contribution in [3.63, 3.8) is 0 Å². The first kappa shape index (κ1) is 12.1. The summed E-state index contributed by atoms with van der Waals surface area (Å²) in [4.78, 5) is 0. The van der Waals surface area contributed by atoms with Crippen LogP contribution in [-0.4, -0.2) is 17.2 Å². The topological polar surface area (TPSA) is 47.0 Å². The Kier molecular flexibility index (Phi) is 3.39. The number of hydrogen-bond donors (Lipinski definition) is 1. The van der Waals surface area contributed by atoms with Gasteiger partial charge in [0.05, 0.1) is 0 Å². The molecule has 19 heavy (non-hydrogen) atoms. The van der Waals surface area contributed by atoms with Gasteiger partial charge in [0.25, 0.3) is 5.19 Å². The van der Waals surface area contributed by atoms with Gasteiger partial charge in [-0.2, -0.15) is 0 Å². The van der Waals surface area contributed by atoms with E-state index >= 15 is 0 Å². The monoisotopic (exact) mass is 271 g/mol. The molecule has 1 heterocycles. The summed E-state index contributed by atoms with van der Waals surface area (Å²) in [7, 11) is 1.88. The maximum atomic E-state index is 5.84. The van der Waals surface area contributed by atoms with Crippen LogP contribution in [-0.2, 0) is 6.54 Å². The van der Waals surface area contributed by atoms with E-state index in [1.165, 1.54) is 11.3 Å². The maximum Gasteiger partial charge on any atom is 0.299 e. The van der Waals surface area contributed by atoms with E-state index in [-0.39, 0.29) is 0 Å². The molecular weight excluding hydrogens is 258 g/mol. The molecule has 1 aromatic heterocycles. The molecule has 96 valence electrons. The smallest absolute Gasteiger partial charge is 0.299 e. The van der Waals surface area contributed by atoms with Crippen LogP contribution in [0.1, 0.15) is 5.01 Å². The third-order valence-corrected chi connectivity index (χ3v) is 3.52. The van der Waals surface area contributed by atoms with Crippen LogP contribution in [0.15, 0.2) is 42.5 Å². The zero-order valence-corrected chi connectivity index (χ0v) is 11.3. The van der Waals surface area contributed by atoms with E-state index in [1.54, 1.807) is 0 Å². The van der Waals surface area contributed by atoms with Crippen molar-refractivity contribution in [2.45, 2.75) is 6.54 Å². The Morgan fingerprint density at radius 2 is 1.95 bits per heavy atom. The molecule has 0 radical (unpaired) electrons. The first-order chi connectivity index (χ1) is 9.36. The fraction of sp³-hybridized carbons (Fsp3) is 0.143. The number of fused-ring (bicyclic) bond motifs is 1. The summed E-state index contributed by atoms with van der Waals surface area (Å²) < 4.78 is 5.84. The van der Waals surface area contributed by atoms with Gasteiger partial charge in [-0.25, -0.2) is 0 Å². The van der Waals surface area contributed by atoms with Crippen LogP contribution in [0.2, 0.25) is 0 Å². The fourth-order valence-electron chi connectivity index (χ4n) is 1.88. The highest BCUT2D eigenvalue weighted by Crippen LogP contribution is 2.31. The third-order valence-electron chi connectivity index (χ3n) is 2.72. The molecule has 0 aliphatic heterocycles. The Morgan fingerprint density at radius 3 is 2.84 bits per heavy atom. The molecule has 0 bridgehead atoms. The van der Waals surface area contributed by atoms with Crippen molar-refractivity contribution in [3.8, 4) is 10.9 Å². The predicted octanol–water partition coefficient (Wildman–Crippen LogP) is 3.20. The molecule has 0 spiro atoms. The summed E-state index contributed by atoms with van der Waals surface area (Å²) >= 11 is 1.45. The molecule has 0 fully saturated rings. The van der Waals surface area contributed by atoms with Crippen LogP contribution in [0.3, 0.4) is 0 Å². The van der Waals surface area contributed by atoms with Crippen molar-refractivity contribution in [2.75, 3.05) is 7.05 Å². The van der Waals surface area contributed by atoms with E-state index in [4.69, 9.17) is 4.74 Å². The molecule has 2 aromatic carbocycles. The molecule has 1 N–H and O–H groups in total. The highest BCUT2D eigenvalue weighted by atomic mass is 32.1. The normalized spacial score (nSPS) is 10.8. The average molecular weight is 271 g/mol. The summed E-state index contributed by atoms with van der Waals surface area (Å²) in [6, 6.07) is 14.1. The van der Waals surface area contributed by atoms with Gasteiger partial charge >= 0.3 is 0 Å². The van der Waals surface area contributed by atoms with E-state index in [9.17, 15) is 0 Å². The van der Waals surface area contributed by atoms with E-state index < -0.39 is 0 Å². The highest BCUT2D eigenvalue weighted by molar-refractivity contribution is 7.13. The Bertz CT molecular complexity index is 690. The van der Waals surface area contributed by atoms with Crippen LogP contribution < -0.4 is 10.1 Å². The number of aromatic nitrogens is 2. The van der Waals surface area contributed by atoms with Gasteiger partial charge in [-0.1, -0.05) is 52.8 Å². The highest BCUT2D eigenvalue weighted by Gasteiger charge is 2.07. The number of nitrogens with one attached hydrogen (secondary N) is 1. The summed E-state index contributed by atoms with van der Waals surface area (Å²) in [5.41, 5.74) is 0. The largest absolute Gasteiger partial charge is 0.429 e. The van der Waals surface area contributed by atoms with Crippen molar-refractivity contribution in [1.29, 1.82) is 0 Å². The van der Waals surface area contributed by atoms with Crippen molar-refractivity contribution in [1.82, 2.24) is 15.5 Å². The first-order valence-electron chi connectivity index (χ1n) is 5.99. The lowest BCUT2D eigenvalue weighted by Gasteiger charge is -2.05. The van der Waals surface area contributed by atoms with Crippen molar-refractivity contribution < 1.29 is 4.74 Å². The number of hydrogen-bond acceptors (Lipinski definition) is 5. The van der Waals surface area contributed by atoms with Crippen LogP contribution >= 0.6 is 11.3 Å². The first-order valence-corrected chi connectivity index (χ1v) is 6.81. The summed E-state index contributed by atoms with van der Waals surface area (Å²) in [5.74, 6) is 0.810. The Labute approximate surface area is 115 Å². The maximum absolute atomic E-state index is 5.84. The quantitative estimate of drug-likeness (QED) is 0.791. The van der Waals surface area contributed by atoms with Gasteiger partial charge in [-0.05, 0) is 18.5 Å². The van der Waals surface area contributed by atoms with Crippen molar-refractivity contribution in [2.24, 2.45) is 0 Å².